The van der Waals surface area contributed by atoms with Gasteiger partial charge in [-0.15, -0.1) is 0 Å². The number of hydrazone groups is 1. The Hall–Kier alpha value is -2.94. The summed E-state index contributed by atoms with van der Waals surface area (Å²) in [6.45, 7) is 2.17. The van der Waals surface area contributed by atoms with E-state index in [0.717, 1.165) is 0 Å². The monoisotopic (exact) mass is 380 g/mol. The first kappa shape index (κ1) is 19.4. The average molecular weight is 380 g/mol. The highest BCUT2D eigenvalue weighted by Crippen LogP contribution is 2.28. The van der Waals surface area contributed by atoms with Gasteiger partial charge in [-0.3, -0.25) is 0 Å². The molecule has 9 heteroatoms. The van der Waals surface area contributed by atoms with E-state index in [2.05, 4.69) is 9.93 Å². The highest BCUT2D eigenvalue weighted by molar-refractivity contribution is 7.89. The van der Waals surface area contributed by atoms with E-state index in [1.165, 1.54) is 38.6 Å². The van der Waals surface area contributed by atoms with Gasteiger partial charge in [0.25, 0.3) is 10.0 Å². The van der Waals surface area contributed by atoms with Crippen molar-refractivity contribution in [2.75, 3.05) is 20.8 Å². The molecule has 0 aliphatic rings. The van der Waals surface area contributed by atoms with Crippen LogP contribution in [-0.2, 0) is 10.0 Å². The molecule has 26 heavy (non-hydrogen) atoms. The van der Waals surface area contributed by atoms with Crippen LogP contribution in [0.15, 0.2) is 46.4 Å². The molecule has 2 aromatic carbocycles. The lowest BCUT2D eigenvalue weighted by atomic mass is 10.2. The van der Waals surface area contributed by atoms with Crippen molar-refractivity contribution in [2.24, 2.45) is 5.10 Å². The molecule has 0 aliphatic carbocycles. The number of aromatic hydroxyl groups is 1. The van der Waals surface area contributed by atoms with E-state index >= 15 is 0 Å². The van der Waals surface area contributed by atoms with Gasteiger partial charge in [0.05, 0.1) is 27.0 Å². The zero-order chi connectivity index (χ0) is 19.2. The average Bonchev–Trinajstić information content (AvgIpc) is 2.63. The van der Waals surface area contributed by atoms with Crippen LogP contribution in [0.5, 0.6) is 23.0 Å². The maximum Gasteiger partial charge on any atom is 0.280 e. The van der Waals surface area contributed by atoms with Gasteiger partial charge in [-0.2, -0.15) is 18.4 Å². The van der Waals surface area contributed by atoms with Gasteiger partial charge in [0.2, 0.25) is 0 Å². The van der Waals surface area contributed by atoms with E-state index in [4.69, 9.17) is 14.2 Å². The second-order valence-corrected chi connectivity index (χ2v) is 6.66. The quantitative estimate of drug-likeness (QED) is 0.537. The Morgan fingerprint density at radius 1 is 1.12 bits per heavy atom. The number of sulfonamides is 1. The van der Waals surface area contributed by atoms with Crippen LogP contribution in [0.1, 0.15) is 12.5 Å². The third-order valence-corrected chi connectivity index (χ3v) is 4.57. The van der Waals surface area contributed by atoms with Gasteiger partial charge in [0.15, 0.2) is 11.5 Å². The Morgan fingerprint density at radius 3 is 2.54 bits per heavy atom. The van der Waals surface area contributed by atoms with E-state index in [9.17, 15) is 13.5 Å². The molecule has 0 aromatic heterocycles. The van der Waals surface area contributed by atoms with Gasteiger partial charge in [0.1, 0.15) is 16.4 Å². The summed E-state index contributed by atoms with van der Waals surface area (Å²) in [5, 5.41) is 13.4. The molecule has 140 valence electrons. The minimum atomic E-state index is -3.97. The topological polar surface area (TPSA) is 106 Å². The standard InChI is InChI=1S/C17H20N2O6S/c1-4-25-16-9-12(5-7-14(16)20)11-18-19-26(21,22)17-10-13(23-2)6-8-15(17)24-3/h5-11,19-20H,4H2,1-3H3. The first-order valence-electron chi connectivity index (χ1n) is 7.64. The minimum Gasteiger partial charge on any atom is -0.504 e. The third-order valence-electron chi connectivity index (χ3n) is 3.33. The molecule has 2 rings (SSSR count). The van der Waals surface area contributed by atoms with Crippen LogP contribution in [-0.4, -0.2) is 40.6 Å². The van der Waals surface area contributed by atoms with Gasteiger partial charge >= 0.3 is 0 Å². The summed E-state index contributed by atoms with van der Waals surface area (Å²) < 4.78 is 40.3. The van der Waals surface area contributed by atoms with Crippen LogP contribution >= 0.6 is 0 Å². The van der Waals surface area contributed by atoms with Crippen LogP contribution in [0.4, 0.5) is 0 Å². The predicted molar refractivity (Wildman–Crippen MR) is 96.7 cm³/mol. The van der Waals surface area contributed by atoms with Gasteiger partial charge < -0.3 is 19.3 Å². The molecule has 0 saturated carbocycles. The number of nitrogens with zero attached hydrogens (tertiary/aromatic N) is 1. The molecule has 2 aromatic rings. The SMILES string of the molecule is CCOc1cc(C=NNS(=O)(=O)c2cc(OC)ccc2OC)ccc1O. The van der Waals surface area contributed by atoms with E-state index in [0.29, 0.717) is 17.9 Å². The zero-order valence-electron chi connectivity index (χ0n) is 14.6. The Kier molecular flexibility index (Phi) is 6.29. The second-order valence-electron chi connectivity index (χ2n) is 5.03. The van der Waals surface area contributed by atoms with E-state index < -0.39 is 10.0 Å². The molecule has 0 amide bonds. The number of rotatable bonds is 8. The summed E-state index contributed by atoms with van der Waals surface area (Å²) >= 11 is 0. The lowest BCUT2D eigenvalue weighted by molar-refractivity contribution is 0.318. The number of methoxy groups -OCH3 is 2. The highest BCUT2D eigenvalue weighted by Gasteiger charge is 2.20. The molecule has 0 bridgehead atoms. The Balaban J connectivity index is 2.23. The van der Waals surface area contributed by atoms with Crippen molar-refractivity contribution in [3.8, 4) is 23.0 Å². The molecule has 0 spiro atoms. The van der Waals surface area contributed by atoms with Crippen molar-refractivity contribution in [1.82, 2.24) is 4.83 Å². The zero-order valence-corrected chi connectivity index (χ0v) is 15.4. The molecule has 0 atom stereocenters. The van der Waals surface area contributed by atoms with E-state index in [-0.39, 0.29) is 22.1 Å². The fourth-order valence-corrected chi connectivity index (χ4v) is 3.07. The highest BCUT2D eigenvalue weighted by atomic mass is 32.2. The molecule has 2 N–H and O–H groups in total. The van der Waals surface area contributed by atoms with Gasteiger partial charge in [-0.25, -0.2) is 0 Å². The largest absolute Gasteiger partial charge is 0.504 e. The number of phenols is 1. The molecular weight excluding hydrogens is 360 g/mol. The molecule has 0 heterocycles. The number of ether oxygens (including phenoxy) is 3. The van der Waals surface area contributed by atoms with E-state index in [1.807, 2.05) is 0 Å². The molecular formula is C17H20N2O6S. The molecule has 0 radical (unpaired) electrons. The van der Waals surface area contributed by atoms with Crippen LogP contribution in [0.3, 0.4) is 0 Å². The van der Waals surface area contributed by atoms with Crippen LogP contribution in [0.2, 0.25) is 0 Å². The van der Waals surface area contributed by atoms with Crippen molar-refractivity contribution < 1.29 is 27.7 Å². The van der Waals surface area contributed by atoms with Crippen molar-refractivity contribution in [3.05, 3.63) is 42.0 Å². The van der Waals surface area contributed by atoms with Gasteiger partial charge in [-0.05, 0) is 42.8 Å². The van der Waals surface area contributed by atoms with E-state index in [1.54, 1.807) is 25.1 Å². The number of benzene rings is 2. The first-order valence-corrected chi connectivity index (χ1v) is 9.12. The Bertz CT molecular complexity index is 896. The van der Waals surface area contributed by atoms with Crippen molar-refractivity contribution in [1.29, 1.82) is 0 Å². The Morgan fingerprint density at radius 2 is 1.88 bits per heavy atom. The fourth-order valence-electron chi connectivity index (χ4n) is 2.10. The van der Waals surface area contributed by atoms with Crippen molar-refractivity contribution in [2.45, 2.75) is 11.8 Å². The minimum absolute atomic E-state index is 0.00861. The summed E-state index contributed by atoms with van der Waals surface area (Å²) in [6, 6.07) is 8.97. The molecule has 0 unspecified atom stereocenters. The maximum absolute atomic E-state index is 12.5. The Labute approximate surface area is 152 Å². The summed E-state index contributed by atoms with van der Waals surface area (Å²) in [5.74, 6) is 0.811. The predicted octanol–water partition coefficient (Wildman–Crippen LogP) is 2.12. The van der Waals surface area contributed by atoms with Crippen molar-refractivity contribution in [3.63, 3.8) is 0 Å². The number of hydrogen-bond acceptors (Lipinski definition) is 7. The van der Waals surface area contributed by atoms with Crippen molar-refractivity contribution >= 4 is 16.2 Å². The third kappa shape index (κ3) is 4.57. The van der Waals surface area contributed by atoms with Crippen LogP contribution in [0.25, 0.3) is 0 Å². The van der Waals surface area contributed by atoms with Crippen LogP contribution < -0.4 is 19.0 Å². The molecule has 8 nitrogen and oxygen atoms in total. The summed E-state index contributed by atoms with van der Waals surface area (Å²) in [7, 11) is -1.16. The lowest BCUT2D eigenvalue weighted by Crippen LogP contribution is -2.19. The summed E-state index contributed by atoms with van der Waals surface area (Å²) in [4.78, 5) is 2.02. The van der Waals surface area contributed by atoms with Gasteiger partial charge in [0, 0.05) is 6.07 Å². The molecule has 0 saturated heterocycles. The second kappa shape index (κ2) is 8.43. The maximum atomic E-state index is 12.5. The number of hydrogen-bond donors (Lipinski definition) is 2. The van der Waals surface area contributed by atoms with Crippen LogP contribution in [0, 0.1) is 0 Å². The number of phenolic OH excluding ortho intramolecular Hbond substituents is 1. The molecule has 0 fully saturated rings. The lowest BCUT2D eigenvalue weighted by Gasteiger charge is -2.10. The smallest absolute Gasteiger partial charge is 0.280 e. The normalized spacial score (nSPS) is 11.3. The summed E-state index contributed by atoms with van der Waals surface area (Å²) in [6.07, 6.45) is 1.30. The molecule has 0 aliphatic heterocycles. The first-order chi connectivity index (χ1) is 12.4. The fraction of sp³-hybridized carbons (Fsp3) is 0.235. The number of nitrogens with one attached hydrogen (secondary N) is 1. The van der Waals surface area contributed by atoms with Gasteiger partial charge in [-0.1, -0.05) is 0 Å². The summed E-state index contributed by atoms with van der Waals surface area (Å²) in [5.41, 5.74) is 0.548.